The number of aromatic nitrogens is 1. The van der Waals surface area contributed by atoms with Crippen LogP contribution in [0.3, 0.4) is 0 Å². The van der Waals surface area contributed by atoms with E-state index in [1.807, 2.05) is 13.0 Å². The van der Waals surface area contributed by atoms with Gasteiger partial charge in [-0.3, -0.25) is 4.79 Å². The molecule has 2 N–H and O–H groups in total. The summed E-state index contributed by atoms with van der Waals surface area (Å²) in [6.45, 7) is 1.90. The van der Waals surface area contributed by atoms with Gasteiger partial charge in [-0.15, -0.1) is 0 Å². The van der Waals surface area contributed by atoms with Gasteiger partial charge in [0.25, 0.3) is 5.91 Å². The Morgan fingerprint density at radius 3 is 2.52 bits per heavy atom. The Balaban J connectivity index is 1.71. The molecule has 2 aromatic carbocycles. The molecule has 1 heterocycles. The first kappa shape index (κ1) is 18.7. The van der Waals surface area contributed by atoms with Gasteiger partial charge in [0.2, 0.25) is 0 Å². The summed E-state index contributed by atoms with van der Waals surface area (Å²) in [7, 11) is 1.57. The van der Waals surface area contributed by atoms with Crippen LogP contribution in [0.1, 0.15) is 15.9 Å². The van der Waals surface area contributed by atoms with Crippen LogP contribution in [-0.2, 0) is 0 Å². The lowest BCUT2D eigenvalue weighted by Crippen LogP contribution is -2.12. The minimum atomic E-state index is -0.395. The maximum Gasteiger partial charge on any atom is 0.256 e. The number of carbonyl (C=O) groups is 1. The molecule has 0 fully saturated rings. The highest BCUT2D eigenvalue weighted by atomic mass is 35.5. The Bertz CT molecular complexity index is 960. The van der Waals surface area contributed by atoms with Crippen molar-refractivity contribution in [2.75, 3.05) is 17.7 Å². The number of nitrogens with one attached hydrogen (secondary N) is 2. The second-order valence-corrected chi connectivity index (χ2v) is 6.23. The molecule has 3 rings (SSSR count). The van der Waals surface area contributed by atoms with Gasteiger partial charge in [0, 0.05) is 16.7 Å². The first-order valence-corrected chi connectivity index (χ1v) is 8.48. The number of methoxy groups -OCH3 is 1. The molecule has 7 heteroatoms. The predicted octanol–water partition coefficient (Wildman–Crippen LogP) is 5.19. The second kappa shape index (κ2) is 8.05. The standard InChI is InChI=1S/C20H17ClFN3O2/c1-12-9-17(18(27-2)10-16(12)21)24-15-7-8-19(23-11-15)25-20(26)13-3-5-14(22)6-4-13/h3-11,24H,1-2H3,(H,23,25,26). The Kier molecular flexibility index (Phi) is 5.57. The normalized spacial score (nSPS) is 10.4. The van der Waals surface area contributed by atoms with Gasteiger partial charge in [-0.05, 0) is 55.0 Å². The van der Waals surface area contributed by atoms with Crippen LogP contribution >= 0.6 is 11.6 Å². The van der Waals surface area contributed by atoms with Crippen molar-refractivity contribution in [2.45, 2.75) is 6.92 Å². The minimum Gasteiger partial charge on any atom is -0.495 e. The van der Waals surface area contributed by atoms with Gasteiger partial charge in [0.1, 0.15) is 17.4 Å². The number of hydrogen-bond donors (Lipinski definition) is 2. The van der Waals surface area contributed by atoms with E-state index in [1.54, 1.807) is 31.5 Å². The average Bonchev–Trinajstić information content (AvgIpc) is 2.66. The van der Waals surface area contributed by atoms with E-state index < -0.39 is 5.82 Å². The van der Waals surface area contributed by atoms with E-state index >= 15 is 0 Å². The Labute approximate surface area is 161 Å². The first-order chi connectivity index (χ1) is 13.0. The molecular weight excluding hydrogens is 369 g/mol. The average molecular weight is 386 g/mol. The fourth-order valence-electron chi connectivity index (χ4n) is 2.42. The fourth-order valence-corrected chi connectivity index (χ4v) is 2.57. The summed E-state index contributed by atoms with van der Waals surface area (Å²) >= 11 is 6.11. The lowest BCUT2D eigenvalue weighted by Gasteiger charge is -2.13. The molecule has 0 spiro atoms. The van der Waals surface area contributed by atoms with Crippen LogP contribution in [-0.4, -0.2) is 18.0 Å². The van der Waals surface area contributed by atoms with Crippen molar-refractivity contribution >= 4 is 34.7 Å². The minimum absolute atomic E-state index is 0.349. The van der Waals surface area contributed by atoms with E-state index in [4.69, 9.17) is 16.3 Å². The van der Waals surface area contributed by atoms with Crippen LogP contribution in [0, 0.1) is 12.7 Å². The Hall–Kier alpha value is -3.12. The zero-order chi connectivity index (χ0) is 19.4. The molecule has 138 valence electrons. The van der Waals surface area contributed by atoms with Crippen molar-refractivity contribution in [1.29, 1.82) is 0 Å². The van der Waals surface area contributed by atoms with E-state index in [0.29, 0.717) is 22.2 Å². The van der Waals surface area contributed by atoms with Crippen LogP contribution in [0.2, 0.25) is 5.02 Å². The molecule has 0 aliphatic rings. The molecule has 0 aliphatic heterocycles. The molecule has 5 nitrogen and oxygen atoms in total. The molecule has 3 aromatic rings. The summed E-state index contributed by atoms with van der Waals surface area (Å²) in [6, 6.07) is 12.4. The third kappa shape index (κ3) is 4.54. The number of amides is 1. The number of anilines is 3. The van der Waals surface area contributed by atoms with Crippen LogP contribution in [0.4, 0.5) is 21.6 Å². The van der Waals surface area contributed by atoms with E-state index in [-0.39, 0.29) is 5.91 Å². The summed E-state index contributed by atoms with van der Waals surface area (Å²) in [6.07, 6.45) is 1.59. The smallest absolute Gasteiger partial charge is 0.256 e. The maximum atomic E-state index is 12.9. The van der Waals surface area contributed by atoms with E-state index in [2.05, 4.69) is 15.6 Å². The highest BCUT2D eigenvalue weighted by molar-refractivity contribution is 6.31. The third-order valence-electron chi connectivity index (χ3n) is 3.87. The van der Waals surface area contributed by atoms with Crippen molar-refractivity contribution in [3.05, 3.63) is 76.7 Å². The third-order valence-corrected chi connectivity index (χ3v) is 4.28. The van der Waals surface area contributed by atoms with Crippen LogP contribution in [0.15, 0.2) is 54.7 Å². The predicted molar refractivity (Wildman–Crippen MR) is 105 cm³/mol. The number of pyridine rings is 1. The molecular formula is C20H17ClFN3O2. The number of ether oxygens (including phenoxy) is 1. The van der Waals surface area contributed by atoms with Crippen molar-refractivity contribution in [3.63, 3.8) is 0 Å². The number of hydrogen-bond acceptors (Lipinski definition) is 4. The molecule has 0 bridgehead atoms. The number of halogens is 2. The van der Waals surface area contributed by atoms with Gasteiger partial charge >= 0.3 is 0 Å². The van der Waals surface area contributed by atoms with E-state index in [0.717, 1.165) is 16.9 Å². The topological polar surface area (TPSA) is 63.2 Å². The summed E-state index contributed by atoms with van der Waals surface area (Å²) in [5.74, 6) is 0.236. The van der Waals surface area contributed by atoms with Gasteiger partial charge in [0.15, 0.2) is 0 Å². The largest absolute Gasteiger partial charge is 0.495 e. The zero-order valence-electron chi connectivity index (χ0n) is 14.7. The van der Waals surface area contributed by atoms with E-state index in [1.165, 1.54) is 24.3 Å². The summed E-state index contributed by atoms with van der Waals surface area (Å²) in [5, 5.41) is 6.49. The van der Waals surface area contributed by atoms with Crippen molar-refractivity contribution in [2.24, 2.45) is 0 Å². The number of aryl methyl sites for hydroxylation is 1. The summed E-state index contributed by atoms with van der Waals surface area (Å²) < 4.78 is 18.3. The fraction of sp³-hybridized carbons (Fsp3) is 0.100. The van der Waals surface area contributed by atoms with Gasteiger partial charge in [-0.1, -0.05) is 11.6 Å². The molecule has 0 saturated heterocycles. The molecule has 1 amide bonds. The number of benzene rings is 2. The lowest BCUT2D eigenvalue weighted by molar-refractivity contribution is 0.102. The number of carbonyl (C=O) groups excluding carboxylic acids is 1. The SMILES string of the molecule is COc1cc(Cl)c(C)cc1Nc1ccc(NC(=O)c2ccc(F)cc2)nc1. The molecule has 1 aromatic heterocycles. The van der Waals surface area contributed by atoms with E-state index in [9.17, 15) is 9.18 Å². The molecule has 0 aliphatic carbocycles. The van der Waals surface area contributed by atoms with Gasteiger partial charge in [-0.2, -0.15) is 0 Å². The monoisotopic (exact) mass is 385 g/mol. The Morgan fingerprint density at radius 2 is 1.89 bits per heavy atom. The molecule has 0 saturated carbocycles. The molecule has 0 unspecified atom stereocenters. The number of nitrogens with zero attached hydrogens (tertiary/aromatic N) is 1. The first-order valence-electron chi connectivity index (χ1n) is 8.10. The quantitative estimate of drug-likeness (QED) is 0.634. The van der Waals surface area contributed by atoms with Gasteiger partial charge in [0.05, 0.1) is 24.7 Å². The van der Waals surface area contributed by atoms with Crippen LogP contribution in [0.5, 0.6) is 5.75 Å². The molecule has 0 atom stereocenters. The highest BCUT2D eigenvalue weighted by Crippen LogP contribution is 2.33. The summed E-state index contributed by atoms with van der Waals surface area (Å²) in [5.41, 5.74) is 2.73. The maximum absolute atomic E-state index is 12.9. The Morgan fingerprint density at radius 1 is 1.15 bits per heavy atom. The lowest BCUT2D eigenvalue weighted by atomic mass is 10.2. The second-order valence-electron chi connectivity index (χ2n) is 5.82. The highest BCUT2D eigenvalue weighted by Gasteiger charge is 2.09. The van der Waals surface area contributed by atoms with Crippen LogP contribution in [0.25, 0.3) is 0 Å². The van der Waals surface area contributed by atoms with Gasteiger partial charge < -0.3 is 15.4 Å². The zero-order valence-corrected chi connectivity index (χ0v) is 15.5. The number of rotatable bonds is 5. The van der Waals surface area contributed by atoms with Crippen molar-refractivity contribution < 1.29 is 13.9 Å². The molecule has 27 heavy (non-hydrogen) atoms. The van der Waals surface area contributed by atoms with Crippen molar-refractivity contribution in [3.8, 4) is 5.75 Å². The van der Waals surface area contributed by atoms with Crippen LogP contribution < -0.4 is 15.4 Å². The van der Waals surface area contributed by atoms with Crippen molar-refractivity contribution in [1.82, 2.24) is 4.98 Å². The molecule has 0 radical (unpaired) electrons. The summed E-state index contributed by atoms with van der Waals surface area (Å²) in [4.78, 5) is 16.4. The van der Waals surface area contributed by atoms with Gasteiger partial charge in [-0.25, -0.2) is 9.37 Å².